The van der Waals surface area contributed by atoms with E-state index in [9.17, 15) is 4.21 Å². The van der Waals surface area contributed by atoms with E-state index >= 15 is 0 Å². The minimum atomic E-state index is -0.985. The van der Waals surface area contributed by atoms with Gasteiger partial charge in [-0.15, -0.1) is 0 Å². The number of hydrogen-bond donors (Lipinski definition) is 1. The molecule has 0 aliphatic heterocycles. The second-order valence-corrected chi connectivity index (χ2v) is 6.32. The number of methoxy groups -OCH3 is 1. The second kappa shape index (κ2) is 6.77. The molecule has 0 aromatic heterocycles. The molecular formula is C15H16ClNO2S. The van der Waals surface area contributed by atoms with Crippen LogP contribution in [0.2, 0.25) is 5.02 Å². The fourth-order valence-corrected chi connectivity index (χ4v) is 3.22. The summed E-state index contributed by atoms with van der Waals surface area (Å²) in [6.45, 7) is 0. The molecule has 20 heavy (non-hydrogen) atoms. The first-order chi connectivity index (χ1) is 9.58. The highest BCUT2D eigenvalue weighted by atomic mass is 35.5. The number of hydrogen-bond acceptors (Lipinski definition) is 3. The van der Waals surface area contributed by atoms with Crippen molar-refractivity contribution in [1.29, 1.82) is 0 Å². The van der Waals surface area contributed by atoms with Crippen LogP contribution in [0.3, 0.4) is 0 Å². The number of ether oxygens (including phenoxy) is 1. The lowest BCUT2D eigenvalue weighted by Gasteiger charge is -2.07. The van der Waals surface area contributed by atoms with Gasteiger partial charge in [-0.05, 0) is 35.4 Å². The van der Waals surface area contributed by atoms with Crippen LogP contribution in [0.15, 0.2) is 42.5 Å². The van der Waals surface area contributed by atoms with Gasteiger partial charge in [0.2, 0.25) is 0 Å². The molecule has 0 radical (unpaired) electrons. The SMILES string of the molecule is COc1ccc(CS(=O)Cc2ccc(Cl)cc2)cc1N. The molecule has 2 N–H and O–H groups in total. The molecule has 3 nitrogen and oxygen atoms in total. The Morgan fingerprint density at radius 3 is 2.30 bits per heavy atom. The Bertz CT molecular complexity index is 614. The molecule has 0 spiro atoms. The van der Waals surface area contributed by atoms with Crippen LogP contribution < -0.4 is 10.5 Å². The third-order valence-corrected chi connectivity index (χ3v) is 4.43. The maximum atomic E-state index is 12.1. The quantitative estimate of drug-likeness (QED) is 0.861. The molecule has 0 saturated heterocycles. The van der Waals surface area contributed by atoms with Gasteiger partial charge in [-0.2, -0.15) is 0 Å². The third-order valence-electron chi connectivity index (χ3n) is 2.86. The average Bonchev–Trinajstić information content (AvgIpc) is 2.41. The first-order valence-corrected chi connectivity index (χ1v) is 7.97. The van der Waals surface area contributed by atoms with Crippen molar-refractivity contribution in [3.63, 3.8) is 0 Å². The van der Waals surface area contributed by atoms with Gasteiger partial charge in [0.25, 0.3) is 0 Å². The van der Waals surface area contributed by atoms with Crippen molar-refractivity contribution >= 4 is 28.1 Å². The largest absolute Gasteiger partial charge is 0.495 e. The number of benzene rings is 2. The molecule has 0 fully saturated rings. The van der Waals surface area contributed by atoms with Gasteiger partial charge in [0.05, 0.1) is 12.8 Å². The highest BCUT2D eigenvalue weighted by Gasteiger charge is 2.06. The first-order valence-electron chi connectivity index (χ1n) is 6.10. The van der Waals surface area contributed by atoms with Gasteiger partial charge in [-0.25, -0.2) is 0 Å². The number of anilines is 1. The first kappa shape index (κ1) is 14.9. The smallest absolute Gasteiger partial charge is 0.141 e. The Balaban J connectivity index is 2.01. The van der Waals surface area contributed by atoms with Gasteiger partial charge < -0.3 is 10.5 Å². The number of nitrogen functional groups attached to an aromatic ring is 1. The van der Waals surface area contributed by atoms with E-state index in [0.717, 1.165) is 11.1 Å². The molecule has 1 atom stereocenters. The van der Waals surface area contributed by atoms with Crippen molar-refractivity contribution < 1.29 is 8.95 Å². The topological polar surface area (TPSA) is 52.3 Å². The Kier molecular flexibility index (Phi) is 5.04. The van der Waals surface area contributed by atoms with E-state index in [1.54, 1.807) is 31.4 Å². The zero-order valence-corrected chi connectivity index (χ0v) is 12.7. The monoisotopic (exact) mass is 309 g/mol. The lowest BCUT2D eigenvalue weighted by atomic mass is 10.2. The fourth-order valence-electron chi connectivity index (χ4n) is 1.88. The van der Waals surface area contributed by atoms with Crippen molar-refractivity contribution in [2.45, 2.75) is 11.5 Å². The molecule has 106 valence electrons. The summed E-state index contributed by atoms with van der Waals surface area (Å²) >= 11 is 5.82. The summed E-state index contributed by atoms with van der Waals surface area (Å²) in [7, 11) is 0.589. The average molecular weight is 310 g/mol. The summed E-state index contributed by atoms with van der Waals surface area (Å²) in [5, 5.41) is 0.683. The highest BCUT2D eigenvalue weighted by molar-refractivity contribution is 7.83. The molecule has 5 heteroatoms. The van der Waals surface area contributed by atoms with Crippen molar-refractivity contribution in [3.05, 3.63) is 58.6 Å². The van der Waals surface area contributed by atoms with Crippen LogP contribution in [0.1, 0.15) is 11.1 Å². The van der Waals surface area contributed by atoms with Crippen molar-refractivity contribution in [2.24, 2.45) is 0 Å². The van der Waals surface area contributed by atoms with Crippen LogP contribution in [0.25, 0.3) is 0 Å². The van der Waals surface area contributed by atoms with E-state index in [4.69, 9.17) is 22.1 Å². The van der Waals surface area contributed by atoms with Crippen LogP contribution in [-0.2, 0) is 22.3 Å². The molecule has 1 unspecified atom stereocenters. The van der Waals surface area contributed by atoms with Crippen molar-refractivity contribution in [1.82, 2.24) is 0 Å². The molecule has 0 amide bonds. The Morgan fingerprint density at radius 1 is 1.10 bits per heavy atom. The van der Waals surface area contributed by atoms with E-state index in [2.05, 4.69) is 0 Å². The van der Waals surface area contributed by atoms with Crippen LogP contribution in [0.4, 0.5) is 5.69 Å². The number of halogens is 1. The normalized spacial score (nSPS) is 12.1. The Labute approximate surface area is 126 Å². The van der Waals surface area contributed by atoms with E-state index in [0.29, 0.717) is 28.0 Å². The molecule has 0 aliphatic carbocycles. The Morgan fingerprint density at radius 2 is 1.70 bits per heavy atom. The predicted molar refractivity (Wildman–Crippen MR) is 84.4 cm³/mol. The summed E-state index contributed by atoms with van der Waals surface area (Å²) in [4.78, 5) is 0. The Hall–Kier alpha value is -1.52. The van der Waals surface area contributed by atoms with Crippen molar-refractivity contribution in [3.8, 4) is 5.75 Å². The number of rotatable bonds is 5. The summed E-state index contributed by atoms with van der Waals surface area (Å²) in [6.07, 6.45) is 0. The zero-order chi connectivity index (χ0) is 14.5. The lowest BCUT2D eigenvalue weighted by molar-refractivity contribution is 0.417. The molecule has 2 rings (SSSR count). The summed E-state index contributed by atoms with van der Waals surface area (Å²) in [5.41, 5.74) is 8.35. The predicted octanol–water partition coefficient (Wildman–Crippen LogP) is 3.38. The van der Waals surface area contributed by atoms with E-state index in [-0.39, 0.29) is 0 Å². The van der Waals surface area contributed by atoms with Crippen molar-refractivity contribution in [2.75, 3.05) is 12.8 Å². The van der Waals surface area contributed by atoms with Crippen LogP contribution in [-0.4, -0.2) is 11.3 Å². The minimum absolute atomic E-state index is 0.469. The minimum Gasteiger partial charge on any atom is -0.495 e. The lowest BCUT2D eigenvalue weighted by Crippen LogP contribution is -2.01. The van der Waals surface area contributed by atoms with Gasteiger partial charge in [0.1, 0.15) is 5.75 Å². The summed E-state index contributed by atoms with van der Waals surface area (Å²) in [6, 6.07) is 12.9. The van der Waals surface area contributed by atoms with E-state index in [1.165, 1.54) is 0 Å². The molecule has 2 aromatic rings. The van der Waals surface area contributed by atoms with E-state index in [1.807, 2.05) is 18.2 Å². The maximum Gasteiger partial charge on any atom is 0.141 e. The standard InChI is InChI=1S/C15H16ClNO2S/c1-19-15-7-4-12(8-14(15)17)10-20(18)9-11-2-5-13(16)6-3-11/h2-8H,9-10,17H2,1H3. The van der Waals surface area contributed by atoms with E-state index < -0.39 is 10.8 Å². The maximum absolute atomic E-state index is 12.1. The number of nitrogens with two attached hydrogens (primary N) is 1. The van der Waals surface area contributed by atoms with Gasteiger partial charge in [0.15, 0.2) is 0 Å². The second-order valence-electron chi connectivity index (χ2n) is 4.43. The molecule has 2 aromatic carbocycles. The van der Waals surface area contributed by atoms with Gasteiger partial charge in [-0.3, -0.25) is 4.21 Å². The van der Waals surface area contributed by atoms with Crippen LogP contribution in [0.5, 0.6) is 5.75 Å². The van der Waals surface area contributed by atoms with Gasteiger partial charge in [0, 0.05) is 27.3 Å². The molecule has 0 saturated carbocycles. The molecule has 0 bridgehead atoms. The molecule has 0 heterocycles. The highest BCUT2D eigenvalue weighted by Crippen LogP contribution is 2.23. The summed E-state index contributed by atoms with van der Waals surface area (Å²) in [5.74, 6) is 1.61. The zero-order valence-electron chi connectivity index (χ0n) is 11.1. The van der Waals surface area contributed by atoms with Crippen LogP contribution >= 0.6 is 11.6 Å². The third kappa shape index (κ3) is 3.99. The fraction of sp³-hybridized carbons (Fsp3) is 0.200. The van der Waals surface area contributed by atoms with Gasteiger partial charge in [-0.1, -0.05) is 29.8 Å². The summed E-state index contributed by atoms with van der Waals surface area (Å²) < 4.78 is 17.2. The van der Waals surface area contributed by atoms with Crippen LogP contribution in [0, 0.1) is 0 Å². The molecule has 0 aliphatic rings. The molecular weight excluding hydrogens is 294 g/mol. The van der Waals surface area contributed by atoms with Gasteiger partial charge >= 0.3 is 0 Å².